The maximum atomic E-state index is 14.3. The third-order valence-electron chi connectivity index (χ3n) is 7.10. The lowest BCUT2D eigenvalue weighted by atomic mass is 10.0. The Morgan fingerprint density at radius 3 is 2.35 bits per heavy atom. The van der Waals surface area contributed by atoms with Gasteiger partial charge in [-0.2, -0.15) is 0 Å². The van der Waals surface area contributed by atoms with Crippen LogP contribution in [0.2, 0.25) is 0 Å². The maximum absolute atomic E-state index is 14.3. The van der Waals surface area contributed by atoms with Gasteiger partial charge in [-0.3, -0.25) is 13.9 Å². The van der Waals surface area contributed by atoms with E-state index in [1.807, 2.05) is 49.4 Å². The Balaban J connectivity index is 1.75. The van der Waals surface area contributed by atoms with Gasteiger partial charge in [-0.25, -0.2) is 8.42 Å². The Labute approximate surface area is 253 Å². The van der Waals surface area contributed by atoms with Crippen molar-refractivity contribution in [2.45, 2.75) is 39.3 Å². The number of sulfonamides is 1. The van der Waals surface area contributed by atoms with Crippen LogP contribution in [-0.2, 0) is 32.6 Å². The maximum Gasteiger partial charge on any atom is 0.244 e. The molecule has 1 heterocycles. The van der Waals surface area contributed by atoms with Gasteiger partial charge in [0.15, 0.2) is 11.5 Å². The van der Waals surface area contributed by atoms with Gasteiger partial charge in [0.2, 0.25) is 21.8 Å². The van der Waals surface area contributed by atoms with E-state index in [0.717, 1.165) is 21.9 Å². The number of rotatable bonds is 14. The lowest BCUT2D eigenvalue weighted by Gasteiger charge is -2.34. The molecule has 11 heteroatoms. The van der Waals surface area contributed by atoms with E-state index in [4.69, 9.17) is 14.2 Å². The molecular formula is C32H39N3O7S. The average molecular weight is 610 g/mol. The number of hydrogen-bond donors (Lipinski definition) is 1. The highest BCUT2D eigenvalue weighted by atomic mass is 32.2. The lowest BCUT2D eigenvalue weighted by Crippen LogP contribution is -2.53. The molecule has 1 atom stereocenters. The molecule has 0 aromatic heterocycles. The van der Waals surface area contributed by atoms with Crippen molar-refractivity contribution in [2.75, 3.05) is 43.5 Å². The monoisotopic (exact) mass is 609 g/mol. The fourth-order valence-electron chi connectivity index (χ4n) is 4.79. The summed E-state index contributed by atoms with van der Waals surface area (Å²) in [4.78, 5) is 29.4. The van der Waals surface area contributed by atoms with Gasteiger partial charge in [0.1, 0.15) is 31.5 Å². The molecule has 0 bridgehead atoms. The first-order chi connectivity index (χ1) is 20.7. The Hall–Kier alpha value is -4.25. The van der Waals surface area contributed by atoms with Gasteiger partial charge < -0.3 is 24.4 Å². The van der Waals surface area contributed by atoms with E-state index in [2.05, 4.69) is 5.32 Å². The van der Waals surface area contributed by atoms with Gasteiger partial charge in [-0.15, -0.1) is 0 Å². The zero-order valence-corrected chi connectivity index (χ0v) is 25.6. The zero-order valence-electron chi connectivity index (χ0n) is 24.8. The molecule has 1 aliphatic rings. The number of nitrogens with one attached hydrogen (secondary N) is 1. The number of carbonyl (C=O) groups excluding carboxylic acids is 2. The van der Waals surface area contributed by atoms with Crippen LogP contribution in [0.4, 0.5) is 5.69 Å². The van der Waals surface area contributed by atoms with Crippen LogP contribution in [0.15, 0.2) is 72.8 Å². The van der Waals surface area contributed by atoms with Crippen LogP contribution in [0.3, 0.4) is 0 Å². The number of nitrogens with zero attached hydrogens (tertiary/aromatic N) is 2. The van der Waals surface area contributed by atoms with Gasteiger partial charge in [0.05, 0.1) is 18.6 Å². The van der Waals surface area contributed by atoms with Gasteiger partial charge in [-0.05, 0) is 48.7 Å². The molecule has 3 aromatic carbocycles. The normalized spacial score (nSPS) is 13.1. The minimum atomic E-state index is -3.90. The third kappa shape index (κ3) is 8.19. The second kappa shape index (κ2) is 14.8. The molecule has 230 valence electrons. The highest BCUT2D eigenvalue weighted by Gasteiger charge is 2.34. The molecule has 10 nitrogen and oxygen atoms in total. The van der Waals surface area contributed by atoms with Crippen LogP contribution in [0.25, 0.3) is 0 Å². The molecule has 0 radical (unpaired) electrons. The van der Waals surface area contributed by atoms with E-state index in [-0.39, 0.29) is 30.3 Å². The van der Waals surface area contributed by atoms with Crippen molar-refractivity contribution in [1.29, 1.82) is 0 Å². The summed E-state index contributed by atoms with van der Waals surface area (Å²) < 4.78 is 44.5. The largest absolute Gasteiger partial charge is 0.497 e. The minimum Gasteiger partial charge on any atom is -0.497 e. The van der Waals surface area contributed by atoms with E-state index >= 15 is 0 Å². The Morgan fingerprint density at radius 2 is 1.65 bits per heavy atom. The molecule has 0 spiro atoms. The Bertz CT molecular complexity index is 1500. The quantitative estimate of drug-likeness (QED) is 0.296. The molecular weight excluding hydrogens is 570 g/mol. The summed E-state index contributed by atoms with van der Waals surface area (Å²) in [5, 5.41) is 2.94. The predicted octanol–water partition coefficient (Wildman–Crippen LogP) is 3.79. The topological polar surface area (TPSA) is 114 Å². The van der Waals surface area contributed by atoms with Crippen LogP contribution in [-0.4, -0.2) is 70.3 Å². The van der Waals surface area contributed by atoms with Crippen LogP contribution in [0, 0.1) is 0 Å². The van der Waals surface area contributed by atoms with Crippen molar-refractivity contribution >= 4 is 27.5 Å². The summed E-state index contributed by atoms with van der Waals surface area (Å²) in [5.74, 6) is 0.446. The Morgan fingerprint density at radius 1 is 0.930 bits per heavy atom. The molecule has 4 rings (SSSR count). The fourth-order valence-corrected chi connectivity index (χ4v) is 5.85. The molecule has 0 saturated heterocycles. The number of carbonyl (C=O) groups is 2. The van der Waals surface area contributed by atoms with Crippen molar-refractivity contribution in [3.8, 4) is 17.2 Å². The van der Waals surface area contributed by atoms with Crippen molar-refractivity contribution in [1.82, 2.24) is 10.2 Å². The number of ether oxygens (including phenoxy) is 3. The number of fused-ring (bicyclic) bond motifs is 1. The van der Waals surface area contributed by atoms with Gasteiger partial charge in [0.25, 0.3) is 0 Å². The predicted molar refractivity (Wildman–Crippen MR) is 165 cm³/mol. The second-order valence-electron chi connectivity index (χ2n) is 10.1. The number of amides is 2. The van der Waals surface area contributed by atoms with Gasteiger partial charge in [-0.1, -0.05) is 49.4 Å². The summed E-state index contributed by atoms with van der Waals surface area (Å²) in [6.45, 7) is 4.20. The first-order valence-electron chi connectivity index (χ1n) is 14.4. The first kappa shape index (κ1) is 31.7. The van der Waals surface area contributed by atoms with E-state index in [1.165, 1.54) is 11.8 Å². The number of benzene rings is 3. The van der Waals surface area contributed by atoms with Crippen molar-refractivity contribution < 1.29 is 32.2 Å². The molecule has 0 unspecified atom stereocenters. The Kier molecular flexibility index (Phi) is 10.9. The molecule has 0 aliphatic carbocycles. The van der Waals surface area contributed by atoms with E-state index < -0.39 is 28.5 Å². The molecule has 0 saturated carbocycles. The fraction of sp³-hybridized carbons (Fsp3) is 0.375. The smallest absolute Gasteiger partial charge is 0.244 e. The van der Waals surface area contributed by atoms with E-state index in [0.29, 0.717) is 37.0 Å². The van der Waals surface area contributed by atoms with E-state index in [9.17, 15) is 18.0 Å². The highest BCUT2D eigenvalue weighted by Crippen LogP contribution is 2.35. The summed E-state index contributed by atoms with van der Waals surface area (Å²) in [6, 6.07) is 20.6. The minimum absolute atomic E-state index is 0.0637. The summed E-state index contributed by atoms with van der Waals surface area (Å²) in [7, 11) is -2.35. The lowest BCUT2D eigenvalue weighted by molar-refractivity contribution is -0.140. The van der Waals surface area contributed by atoms with Crippen LogP contribution >= 0.6 is 0 Å². The van der Waals surface area contributed by atoms with Gasteiger partial charge >= 0.3 is 0 Å². The SMILES string of the molecule is CCCNC(=O)[C@@H](Cc1ccccc1)N(Cc1cccc(OC)c1)C(=O)CN(c1ccc2c(c1)OCCO2)S(=O)(=O)CC. The molecule has 1 N–H and O–H groups in total. The second-order valence-corrected chi connectivity index (χ2v) is 12.3. The first-order valence-corrected chi connectivity index (χ1v) is 16.0. The van der Waals surface area contributed by atoms with Crippen LogP contribution in [0.5, 0.6) is 17.2 Å². The molecule has 0 fully saturated rings. The van der Waals surface area contributed by atoms with Crippen molar-refractivity contribution in [3.05, 3.63) is 83.9 Å². The molecule has 3 aromatic rings. The van der Waals surface area contributed by atoms with Crippen molar-refractivity contribution in [2.24, 2.45) is 0 Å². The van der Waals surface area contributed by atoms with Crippen molar-refractivity contribution in [3.63, 3.8) is 0 Å². The third-order valence-corrected chi connectivity index (χ3v) is 8.84. The summed E-state index contributed by atoms with van der Waals surface area (Å²) >= 11 is 0. The number of methoxy groups -OCH3 is 1. The number of hydrogen-bond acceptors (Lipinski definition) is 7. The summed E-state index contributed by atoms with van der Waals surface area (Å²) in [5.41, 5.74) is 1.88. The zero-order chi connectivity index (χ0) is 30.8. The molecule has 1 aliphatic heterocycles. The average Bonchev–Trinajstić information content (AvgIpc) is 3.04. The van der Waals surface area contributed by atoms with Gasteiger partial charge in [0, 0.05) is 25.6 Å². The van der Waals surface area contributed by atoms with Crippen LogP contribution < -0.4 is 23.8 Å². The molecule has 2 amide bonds. The van der Waals surface area contributed by atoms with Crippen LogP contribution in [0.1, 0.15) is 31.4 Å². The number of anilines is 1. The summed E-state index contributed by atoms with van der Waals surface area (Å²) in [6.07, 6.45) is 0.969. The van der Waals surface area contributed by atoms with E-state index in [1.54, 1.807) is 37.4 Å². The molecule has 43 heavy (non-hydrogen) atoms. The standard InChI is InChI=1S/C32H39N3O7S/c1-4-16-33-32(37)28(20-24-10-7-6-8-11-24)34(22-25-12-9-13-27(19-25)40-3)31(36)23-35(43(38,39)5-2)26-14-15-29-30(21-26)42-18-17-41-29/h6-15,19,21,28H,4-5,16-18,20,22-23H2,1-3H3,(H,33,37)/t28-/m1/s1. The highest BCUT2D eigenvalue weighted by molar-refractivity contribution is 7.92.